The van der Waals surface area contributed by atoms with E-state index in [0.29, 0.717) is 5.69 Å². The number of nitrogens with zero attached hydrogens (tertiary/aromatic N) is 1. The molecule has 2 N–H and O–H groups in total. The molecule has 2 aromatic carbocycles. The summed E-state index contributed by atoms with van der Waals surface area (Å²) in [6.07, 6.45) is 0.276. The Bertz CT molecular complexity index is 822. The Balaban J connectivity index is 1.81. The van der Waals surface area contributed by atoms with Crippen molar-refractivity contribution in [3.63, 3.8) is 0 Å². The topological polar surface area (TPSA) is 61.4 Å². The molecular formula is C19H20BrN3O2. The number of rotatable bonds is 3. The van der Waals surface area contributed by atoms with Gasteiger partial charge in [0.05, 0.1) is 17.9 Å². The van der Waals surface area contributed by atoms with Crippen LogP contribution < -0.4 is 15.5 Å². The number of amides is 2. The van der Waals surface area contributed by atoms with Crippen LogP contribution in [0.25, 0.3) is 0 Å². The molecule has 1 heterocycles. The summed E-state index contributed by atoms with van der Waals surface area (Å²) in [6.45, 7) is 4.05. The minimum atomic E-state index is -0.205. The van der Waals surface area contributed by atoms with Crippen molar-refractivity contribution in [3.05, 3.63) is 52.5 Å². The van der Waals surface area contributed by atoms with Gasteiger partial charge in [0.25, 0.3) is 0 Å². The number of benzene rings is 2. The molecule has 0 radical (unpaired) electrons. The van der Waals surface area contributed by atoms with Crippen LogP contribution >= 0.6 is 15.9 Å². The first-order chi connectivity index (χ1) is 12.0. The van der Waals surface area contributed by atoms with Crippen LogP contribution in [0, 0.1) is 6.92 Å². The summed E-state index contributed by atoms with van der Waals surface area (Å²) in [5.74, 6) is -0.147. The number of fused-ring (bicyclic) bond motifs is 1. The number of hydrogen-bond acceptors (Lipinski definition) is 3. The first-order valence-electron chi connectivity index (χ1n) is 8.16. The van der Waals surface area contributed by atoms with Crippen molar-refractivity contribution < 1.29 is 9.59 Å². The smallest absolute Gasteiger partial charge is 0.246 e. The molecule has 0 aromatic heterocycles. The first-order valence-corrected chi connectivity index (χ1v) is 8.96. The van der Waals surface area contributed by atoms with Crippen LogP contribution in [-0.4, -0.2) is 24.4 Å². The van der Waals surface area contributed by atoms with E-state index in [-0.39, 0.29) is 30.8 Å². The van der Waals surface area contributed by atoms with Crippen LogP contribution in [0.3, 0.4) is 0 Å². The molecule has 130 valence electrons. The predicted octanol–water partition coefficient (Wildman–Crippen LogP) is 3.93. The minimum Gasteiger partial charge on any atom is -0.376 e. The quantitative estimate of drug-likeness (QED) is 0.818. The van der Waals surface area contributed by atoms with Gasteiger partial charge in [-0.15, -0.1) is 0 Å². The number of hydrogen-bond donors (Lipinski definition) is 2. The lowest BCUT2D eigenvalue weighted by molar-refractivity contribution is -0.118. The molecule has 2 amide bonds. The zero-order valence-electron chi connectivity index (χ0n) is 14.2. The van der Waals surface area contributed by atoms with E-state index in [2.05, 4.69) is 26.6 Å². The summed E-state index contributed by atoms with van der Waals surface area (Å²) in [5, 5.41) is 6.07. The largest absolute Gasteiger partial charge is 0.376 e. The van der Waals surface area contributed by atoms with Gasteiger partial charge < -0.3 is 15.5 Å². The fourth-order valence-corrected chi connectivity index (χ4v) is 3.52. The number of carbonyl (C=O) groups is 2. The first kappa shape index (κ1) is 17.5. The molecule has 0 saturated heterocycles. The van der Waals surface area contributed by atoms with Gasteiger partial charge in [-0.05, 0) is 49.7 Å². The van der Waals surface area contributed by atoms with Gasteiger partial charge in [-0.1, -0.05) is 28.1 Å². The van der Waals surface area contributed by atoms with Crippen molar-refractivity contribution in [1.29, 1.82) is 0 Å². The number of carbonyl (C=O) groups excluding carboxylic acids is 2. The molecule has 0 unspecified atom stereocenters. The zero-order valence-corrected chi connectivity index (χ0v) is 15.8. The van der Waals surface area contributed by atoms with Gasteiger partial charge in [-0.25, -0.2) is 0 Å². The van der Waals surface area contributed by atoms with E-state index in [1.807, 2.05) is 56.3 Å². The van der Waals surface area contributed by atoms with Gasteiger partial charge in [-0.3, -0.25) is 9.59 Å². The zero-order chi connectivity index (χ0) is 18.0. The maximum Gasteiger partial charge on any atom is 0.246 e. The van der Waals surface area contributed by atoms with Crippen LogP contribution in [0.2, 0.25) is 0 Å². The van der Waals surface area contributed by atoms with Crippen LogP contribution in [0.15, 0.2) is 46.9 Å². The highest BCUT2D eigenvalue weighted by atomic mass is 79.9. The van der Waals surface area contributed by atoms with E-state index in [0.717, 1.165) is 21.4 Å². The normalized spacial score (nSPS) is 16.7. The second kappa shape index (κ2) is 7.27. The van der Waals surface area contributed by atoms with Crippen LogP contribution in [0.4, 0.5) is 17.1 Å². The van der Waals surface area contributed by atoms with Gasteiger partial charge >= 0.3 is 0 Å². The fraction of sp³-hybridized carbons (Fsp3) is 0.263. The summed E-state index contributed by atoms with van der Waals surface area (Å²) in [6, 6.07) is 13.1. The molecule has 1 atom stereocenters. The van der Waals surface area contributed by atoms with Crippen LogP contribution in [0.5, 0.6) is 0 Å². The lowest BCUT2D eigenvalue weighted by Gasteiger charge is -2.28. The van der Waals surface area contributed by atoms with Gasteiger partial charge in [-0.2, -0.15) is 0 Å². The second-order valence-corrected chi connectivity index (χ2v) is 7.11. The summed E-state index contributed by atoms with van der Waals surface area (Å²) < 4.78 is 1.00. The van der Waals surface area contributed by atoms with Gasteiger partial charge in [0, 0.05) is 22.6 Å². The molecule has 0 spiro atoms. The average molecular weight is 402 g/mol. The molecule has 0 aliphatic carbocycles. The fourth-order valence-electron chi connectivity index (χ4n) is 3.05. The third-order valence-electron chi connectivity index (χ3n) is 4.25. The van der Waals surface area contributed by atoms with Crippen molar-refractivity contribution >= 4 is 44.8 Å². The van der Waals surface area contributed by atoms with E-state index in [4.69, 9.17) is 0 Å². The average Bonchev–Trinajstić information content (AvgIpc) is 2.68. The van der Waals surface area contributed by atoms with E-state index in [1.165, 1.54) is 0 Å². The van der Waals surface area contributed by atoms with Crippen molar-refractivity contribution in [3.8, 4) is 0 Å². The second-order valence-electron chi connectivity index (χ2n) is 6.20. The summed E-state index contributed by atoms with van der Waals surface area (Å²) >= 11 is 3.44. The molecule has 1 aliphatic heterocycles. The highest BCUT2D eigenvalue weighted by molar-refractivity contribution is 9.10. The third kappa shape index (κ3) is 3.85. The molecule has 3 rings (SSSR count). The Hall–Kier alpha value is -2.34. The van der Waals surface area contributed by atoms with Crippen LogP contribution in [-0.2, 0) is 9.59 Å². The summed E-state index contributed by atoms with van der Waals surface area (Å²) in [5.41, 5.74) is 3.38. The summed E-state index contributed by atoms with van der Waals surface area (Å²) in [7, 11) is 0. The Labute approximate surface area is 155 Å². The predicted molar refractivity (Wildman–Crippen MR) is 104 cm³/mol. The number of halogens is 1. The molecule has 6 heteroatoms. The Morgan fingerprint density at radius 2 is 2.08 bits per heavy atom. The molecule has 5 nitrogen and oxygen atoms in total. The highest BCUT2D eigenvalue weighted by Crippen LogP contribution is 2.31. The third-order valence-corrected chi connectivity index (χ3v) is 4.74. The molecule has 1 aliphatic rings. The highest BCUT2D eigenvalue weighted by Gasteiger charge is 2.29. The lowest BCUT2D eigenvalue weighted by atomic mass is 10.1. The Morgan fingerprint density at radius 3 is 2.84 bits per heavy atom. The summed E-state index contributed by atoms with van der Waals surface area (Å²) in [4.78, 5) is 26.6. The van der Waals surface area contributed by atoms with E-state index < -0.39 is 0 Å². The minimum absolute atomic E-state index is 0.0706. The molecule has 0 fully saturated rings. The monoisotopic (exact) mass is 401 g/mol. The SMILES string of the molecule is Cc1cc(Br)ccc1NCC(=O)N1c2ccccc2NC(=O)C[C@H]1C. The van der Waals surface area contributed by atoms with E-state index >= 15 is 0 Å². The van der Waals surface area contributed by atoms with Gasteiger partial charge in [0.2, 0.25) is 11.8 Å². The van der Waals surface area contributed by atoms with E-state index in [1.54, 1.807) is 4.90 Å². The number of aryl methyl sites for hydroxylation is 1. The lowest BCUT2D eigenvalue weighted by Crippen LogP contribution is -2.42. The molecule has 25 heavy (non-hydrogen) atoms. The molecule has 0 bridgehead atoms. The molecule has 2 aromatic rings. The van der Waals surface area contributed by atoms with Crippen LogP contribution in [0.1, 0.15) is 18.9 Å². The van der Waals surface area contributed by atoms with Crippen molar-refractivity contribution in [2.24, 2.45) is 0 Å². The van der Waals surface area contributed by atoms with Gasteiger partial charge in [0.15, 0.2) is 0 Å². The number of anilines is 3. The molecule has 0 saturated carbocycles. The van der Waals surface area contributed by atoms with E-state index in [9.17, 15) is 9.59 Å². The molecular weight excluding hydrogens is 382 g/mol. The number of nitrogens with one attached hydrogen (secondary N) is 2. The Kier molecular flexibility index (Phi) is 5.08. The standard InChI is InChI=1S/C19H20BrN3O2/c1-12-9-14(20)7-8-15(12)21-11-19(25)23-13(2)10-18(24)22-16-5-3-4-6-17(16)23/h3-9,13,21H,10-11H2,1-2H3,(H,22,24)/t13-/m1/s1. The van der Waals surface area contributed by atoms with Crippen molar-refractivity contribution in [2.75, 3.05) is 22.1 Å². The van der Waals surface area contributed by atoms with Crippen molar-refractivity contribution in [2.45, 2.75) is 26.3 Å². The maximum absolute atomic E-state index is 12.9. The Morgan fingerprint density at radius 1 is 1.32 bits per heavy atom. The van der Waals surface area contributed by atoms with Crippen molar-refractivity contribution in [1.82, 2.24) is 0 Å². The van der Waals surface area contributed by atoms with Gasteiger partial charge in [0.1, 0.15) is 0 Å². The maximum atomic E-state index is 12.9. The number of para-hydroxylation sites is 2.